The molecular formula is C26H27N3O3S3. The van der Waals surface area contributed by atoms with Gasteiger partial charge in [-0.3, -0.25) is 4.79 Å². The summed E-state index contributed by atoms with van der Waals surface area (Å²) in [6.07, 6.45) is 1.74. The van der Waals surface area contributed by atoms with Crippen LogP contribution in [-0.4, -0.2) is 36.7 Å². The van der Waals surface area contributed by atoms with Crippen LogP contribution < -0.4 is 5.32 Å². The number of fused-ring (bicyclic) bond motifs is 1. The average molecular weight is 526 g/mol. The Labute approximate surface area is 213 Å². The highest BCUT2D eigenvalue weighted by Gasteiger charge is 2.28. The van der Waals surface area contributed by atoms with Crippen molar-refractivity contribution in [2.75, 3.05) is 18.4 Å². The fourth-order valence-electron chi connectivity index (χ4n) is 4.28. The fourth-order valence-corrected chi connectivity index (χ4v) is 7.95. The zero-order chi connectivity index (χ0) is 24.7. The van der Waals surface area contributed by atoms with Crippen LogP contribution in [0.4, 0.5) is 5.00 Å². The van der Waals surface area contributed by atoms with Gasteiger partial charge in [0.15, 0.2) is 0 Å². The molecule has 35 heavy (non-hydrogen) atoms. The molecule has 4 aromatic rings. The first-order valence-electron chi connectivity index (χ1n) is 11.6. The van der Waals surface area contributed by atoms with Crippen molar-refractivity contribution in [2.24, 2.45) is 5.92 Å². The molecule has 1 amide bonds. The molecule has 9 heteroatoms. The molecule has 1 aliphatic rings. The smallest absolute Gasteiger partial charge is 0.256 e. The summed E-state index contributed by atoms with van der Waals surface area (Å²) >= 11 is 3.13. The van der Waals surface area contributed by atoms with E-state index in [0.29, 0.717) is 24.6 Å². The van der Waals surface area contributed by atoms with Crippen LogP contribution in [0.2, 0.25) is 0 Å². The van der Waals surface area contributed by atoms with Crippen LogP contribution in [0.5, 0.6) is 0 Å². The number of hydrogen-bond acceptors (Lipinski definition) is 6. The van der Waals surface area contributed by atoms with E-state index in [1.165, 1.54) is 23.5 Å². The van der Waals surface area contributed by atoms with Crippen LogP contribution in [0.3, 0.4) is 0 Å². The maximum absolute atomic E-state index is 13.1. The molecule has 1 N–H and O–H groups in total. The third-order valence-corrected chi connectivity index (χ3v) is 10.7. The maximum atomic E-state index is 13.1. The van der Waals surface area contributed by atoms with E-state index < -0.39 is 10.0 Å². The van der Waals surface area contributed by atoms with Gasteiger partial charge in [-0.05, 0) is 74.6 Å². The Morgan fingerprint density at radius 2 is 1.71 bits per heavy atom. The first-order chi connectivity index (χ1) is 16.7. The van der Waals surface area contributed by atoms with Gasteiger partial charge in [0.05, 0.1) is 15.1 Å². The van der Waals surface area contributed by atoms with Crippen molar-refractivity contribution in [3.05, 3.63) is 64.5 Å². The molecule has 3 heterocycles. The molecule has 2 aromatic carbocycles. The summed E-state index contributed by atoms with van der Waals surface area (Å²) in [6, 6.07) is 14.2. The Morgan fingerprint density at radius 1 is 1.03 bits per heavy atom. The zero-order valence-corrected chi connectivity index (χ0v) is 22.3. The second kappa shape index (κ2) is 9.46. The SMILES string of the molecule is Cc1sc(NC(=O)c2ccc(S(=O)(=O)N3CCC(C)CC3)cc2)c(-c2nc3ccccc3s2)c1C. The number of carbonyl (C=O) groups excluding carboxylic acids is 1. The van der Waals surface area contributed by atoms with E-state index in [1.807, 2.05) is 38.1 Å². The van der Waals surface area contributed by atoms with E-state index in [1.54, 1.807) is 27.8 Å². The highest BCUT2D eigenvalue weighted by Crippen LogP contribution is 2.43. The highest BCUT2D eigenvalue weighted by molar-refractivity contribution is 7.89. The van der Waals surface area contributed by atoms with Crippen molar-refractivity contribution in [1.82, 2.24) is 9.29 Å². The van der Waals surface area contributed by atoms with Crippen molar-refractivity contribution < 1.29 is 13.2 Å². The van der Waals surface area contributed by atoms with E-state index >= 15 is 0 Å². The third kappa shape index (κ3) is 4.65. The monoisotopic (exact) mass is 525 g/mol. The van der Waals surface area contributed by atoms with Crippen molar-refractivity contribution in [3.8, 4) is 10.6 Å². The number of sulfonamides is 1. The molecule has 5 rings (SSSR count). The van der Waals surface area contributed by atoms with Crippen molar-refractivity contribution in [2.45, 2.75) is 38.5 Å². The lowest BCUT2D eigenvalue weighted by Gasteiger charge is -2.29. The van der Waals surface area contributed by atoms with Gasteiger partial charge in [-0.25, -0.2) is 13.4 Å². The van der Waals surface area contributed by atoms with E-state index in [2.05, 4.69) is 12.2 Å². The number of aryl methyl sites for hydroxylation is 1. The predicted octanol–water partition coefficient (Wildman–Crippen LogP) is 6.31. The Morgan fingerprint density at radius 3 is 2.40 bits per heavy atom. The van der Waals surface area contributed by atoms with Crippen LogP contribution in [0, 0.1) is 19.8 Å². The second-order valence-corrected chi connectivity index (χ2v) is 13.2. The summed E-state index contributed by atoms with van der Waals surface area (Å²) in [4.78, 5) is 19.2. The zero-order valence-electron chi connectivity index (χ0n) is 19.9. The summed E-state index contributed by atoms with van der Waals surface area (Å²) in [5, 5.41) is 4.67. The molecule has 0 radical (unpaired) electrons. The number of thiophene rings is 1. The van der Waals surface area contributed by atoms with E-state index in [0.717, 1.165) is 49.1 Å². The minimum atomic E-state index is -3.55. The Bertz CT molecular complexity index is 1460. The quantitative estimate of drug-likeness (QED) is 0.331. The minimum absolute atomic E-state index is 0.224. The number of nitrogens with one attached hydrogen (secondary N) is 1. The molecule has 0 bridgehead atoms. The van der Waals surface area contributed by atoms with Crippen LogP contribution in [0.1, 0.15) is 40.6 Å². The molecule has 6 nitrogen and oxygen atoms in total. The average Bonchev–Trinajstić information content (AvgIpc) is 3.39. The third-order valence-electron chi connectivity index (χ3n) is 6.62. The van der Waals surface area contributed by atoms with Crippen molar-refractivity contribution in [3.63, 3.8) is 0 Å². The molecule has 182 valence electrons. The summed E-state index contributed by atoms with van der Waals surface area (Å²) in [5.41, 5.74) is 3.39. The summed E-state index contributed by atoms with van der Waals surface area (Å²) < 4.78 is 28.7. The number of anilines is 1. The van der Waals surface area contributed by atoms with Crippen LogP contribution in [-0.2, 0) is 10.0 Å². The Hall–Kier alpha value is -2.59. The molecule has 2 aromatic heterocycles. The number of aromatic nitrogens is 1. The summed E-state index contributed by atoms with van der Waals surface area (Å²) in [7, 11) is -3.55. The molecule has 0 aliphatic carbocycles. The molecule has 0 unspecified atom stereocenters. The molecule has 1 saturated heterocycles. The van der Waals surface area contributed by atoms with Gasteiger partial charge in [0.25, 0.3) is 5.91 Å². The summed E-state index contributed by atoms with van der Waals surface area (Å²) in [6.45, 7) is 7.31. The number of amides is 1. The van der Waals surface area contributed by atoms with Gasteiger partial charge in [0.1, 0.15) is 10.0 Å². The summed E-state index contributed by atoms with van der Waals surface area (Å²) in [5.74, 6) is 0.272. The van der Waals surface area contributed by atoms with Crippen molar-refractivity contribution in [1.29, 1.82) is 0 Å². The topological polar surface area (TPSA) is 79.4 Å². The molecule has 1 aliphatic heterocycles. The van der Waals surface area contributed by atoms with Crippen LogP contribution in [0.25, 0.3) is 20.8 Å². The number of benzene rings is 2. The number of hydrogen-bond donors (Lipinski definition) is 1. The molecular weight excluding hydrogens is 499 g/mol. The largest absolute Gasteiger partial charge is 0.313 e. The number of thiazole rings is 1. The number of piperidine rings is 1. The van der Waals surface area contributed by atoms with Gasteiger partial charge in [-0.2, -0.15) is 4.31 Å². The number of para-hydroxylation sites is 1. The van der Waals surface area contributed by atoms with Gasteiger partial charge in [0.2, 0.25) is 10.0 Å². The van der Waals surface area contributed by atoms with Gasteiger partial charge in [0, 0.05) is 29.1 Å². The van der Waals surface area contributed by atoms with E-state index in [4.69, 9.17) is 4.98 Å². The van der Waals surface area contributed by atoms with Gasteiger partial charge in [-0.15, -0.1) is 22.7 Å². The lowest BCUT2D eigenvalue weighted by molar-refractivity contribution is 0.102. The first kappa shape index (κ1) is 24.1. The number of nitrogens with zero attached hydrogens (tertiary/aromatic N) is 2. The molecule has 0 spiro atoms. The lowest BCUT2D eigenvalue weighted by atomic mass is 10.0. The molecule has 0 saturated carbocycles. The van der Waals surface area contributed by atoms with Gasteiger partial charge < -0.3 is 5.32 Å². The highest BCUT2D eigenvalue weighted by atomic mass is 32.2. The van der Waals surface area contributed by atoms with Crippen molar-refractivity contribution >= 4 is 53.8 Å². The first-order valence-corrected chi connectivity index (χ1v) is 14.7. The maximum Gasteiger partial charge on any atom is 0.256 e. The number of carbonyl (C=O) groups is 1. The Kier molecular flexibility index (Phi) is 6.52. The van der Waals surface area contributed by atoms with Crippen LogP contribution in [0.15, 0.2) is 53.4 Å². The predicted molar refractivity (Wildman–Crippen MR) is 144 cm³/mol. The number of rotatable bonds is 5. The molecule has 0 atom stereocenters. The minimum Gasteiger partial charge on any atom is -0.313 e. The lowest BCUT2D eigenvalue weighted by Crippen LogP contribution is -2.37. The molecule has 1 fully saturated rings. The standard InChI is InChI=1S/C26H27N3O3S3/c1-16-12-14-29(15-13-16)35(31,32)20-10-8-19(9-11-20)24(30)28-26-23(17(2)18(3)33-26)25-27-21-6-4-5-7-22(21)34-25/h4-11,16H,12-15H2,1-3H3,(H,28,30). The second-order valence-electron chi connectivity index (χ2n) is 9.04. The van der Waals surface area contributed by atoms with Gasteiger partial charge >= 0.3 is 0 Å². The van der Waals surface area contributed by atoms with Crippen LogP contribution >= 0.6 is 22.7 Å². The normalized spacial score (nSPS) is 15.5. The Balaban J connectivity index is 1.38. The van der Waals surface area contributed by atoms with E-state index in [9.17, 15) is 13.2 Å². The van der Waals surface area contributed by atoms with Gasteiger partial charge in [-0.1, -0.05) is 19.1 Å². The fraction of sp³-hybridized carbons (Fsp3) is 0.308. The van der Waals surface area contributed by atoms with E-state index in [-0.39, 0.29) is 10.8 Å².